The van der Waals surface area contributed by atoms with E-state index >= 15 is 0 Å². The molecule has 0 bridgehead atoms. The summed E-state index contributed by atoms with van der Waals surface area (Å²) < 4.78 is 0. The molecular weight excluding hydrogens is 222 g/mol. The van der Waals surface area contributed by atoms with Crippen molar-refractivity contribution in [3.63, 3.8) is 0 Å². The quantitative estimate of drug-likeness (QED) is 0.867. The van der Waals surface area contributed by atoms with Crippen LogP contribution in [0.2, 0.25) is 0 Å². The average molecular weight is 245 g/mol. The Bertz CT molecular complexity index is 404. The molecule has 2 aliphatic rings. The summed E-state index contributed by atoms with van der Waals surface area (Å²) in [6, 6.07) is 9.51. The molecule has 0 spiro atoms. The Kier molecular flexibility index (Phi) is 3.52. The normalized spacial score (nSPS) is 24.3. The van der Waals surface area contributed by atoms with E-state index in [0.29, 0.717) is 6.04 Å². The first kappa shape index (κ1) is 12.0. The monoisotopic (exact) mass is 245 g/mol. The Morgan fingerprint density at radius 2 is 2.17 bits per heavy atom. The van der Waals surface area contributed by atoms with Gasteiger partial charge in [-0.1, -0.05) is 18.2 Å². The van der Waals surface area contributed by atoms with Crippen LogP contribution < -0.4 is 10.2 Å². The number of piperazine rings is 1. The van der Waals surface area contributed by atoms with Gasteiger partial charge in [-0.3, -0.25) is 0 Å². The third-order valence-electron chi connectivity index (χ3n) is 4.19. The second-order valence-electron chi connectivity index (χ2n) is 5.57. The fourth-order valence-electron chi connectivity index (χ4n) is 3.14. The fraction of sp³-hybridized carbons (Fsp3) is 0.600. The summed E-state index contributed by atoms with van der Waals surface area (Å²) in [4.78, 5) is 4.98. The van der Waals surface area contributed by atoms with E-state index in [9.17, 15) is 0 Å². The van der Waals surface area contributed by atoms with Gasteiger partial charge in [0.25, 0.3) is 0 Å². The van der Waals surface area contributed by atoms with Crippen molar-refractivity contribution < 1.29 is 0 Å². The van der Waals surface area contributed by atoms with Crippen LogP contribution in [0.1, 0.15) is 12.0 Å². The summed E-state index contributed by atoms with van der Waals surface area (Å²) in [6.07, 6.45) is 2.47. The minimum atomic E-state index is 0.663. The molecular formula is C15H23N3. The van der Waals surface area contributed by atoms with E-state index in [0.717, 1.165) is 6.54 Å². The van der Waals surface area contributed by atoms with Crippen molar-refractivity contribution >= 4 is 5.69 Å². The Balaban J connectivity index is 1.55. The van der Waals surface area contributed by atoms with Crippen LogP contribution in [0.5, 0.6) is 0 Å². The van der Waals surface area contributed by atoms with Gasteiger partial charge in [0.05, 0.1) is 0 Å². The first-order chi connectivity index (χ1) is 8.83. The van der Waals surface area contributed by atoms with Crippen molar-refractivity contribution in [2.75, 3.05) is 44.7 Å². The second kappa shape index (κ2) is 5.29. The maximum atomic E-state index is 3.63. The van der Waals surface area contributed by atoms with Gasteiger partial charge in [-0.2, -0.15) is 0 Å². The number of rotatable bonds is 3. The van der Waals surface area contributed by atoms with Crippen LogP contribution in [-0.2, 0) is 6.42 Å². The smallest absolute Gasteiger partial charge is 0.0399 e. The number of anilines is 1. The average Bonchev–Trinajstić information content (AvgIpc) is 2.80. The molecule has 0 aliphatic carbocycles. The lowest BCUT2D eigenvalue weighted by Crippen LogP contribution is -2.50. The molecule has 3 heteroatoms. The van der Waals surface area contributed by atoms with Gasteiger partial charge in [-0.25, -0.2) is 0 Å². The number of nitrogens with one attached hydrogen (secondary N) is 1. The maximum absolute atomic E-state index is 3.63. The van der Waals surface area contributed by atoms with Crippen molar-refractivity contribution in [1.29, 1.82) is 0 Å². The number of para-hydroxylation sites is 1. The number of benzene rings is 1. The Morgan fingerprint density at radius 3 is 3.06 bits per heavy atom. The molecule has 1 fully saturated rings. The van der Waals surface area contributed by atoms with Crippen molar-refractivity contribution in [2.45, 2.75) is 18.9 Å². The molecule has 1 aromatic rings. The first-order valence-corrected chi connectivity index (χ1v) is 7.08. The molecule has 1 unspecified atom stereocenters. The first-order valence-electron chi connectivity index (χ1n) is 7.08. The lowest BCUT2D eigenvalue weighted by molar-refractivity contribution is 0.233. The van der Waals surface area contributed by atoms with E-state index in [1.165, 1.54) is 50.3 Å². The Labute approximate surface area is 110 Å². The van der Waals surface area contributed by atoms with Gasteiger partial charge >= 0.3 is 0 Å². The minimum Gasteiger partial charge on any atom is -0.371 e. The highest BCUT2D eigenvalue weighted by Gasteiger charge is 2.21. The molecule has 1 atom stereocenters. The van der Waals surface area contributed by atoms with Crippen molar-refractivity contribution in [3.05, 3.63) is 29.8 Å². The lowest BCUT2D eigenvalue weighted by Gasteiger charge is -2.32. The second-order valence-corrected chi connectivity index (χ2v) is 5.57. The molecule has 0 aromatic heterocycles. The van der Waals surface area contributed by atoms with Gasteiger partial charge in [-0.05, 0) is 31.5 Å². The highest BCUT2D eigenvalue weighted by Crippen LogP contribution is 2.27. The van der Waals surface area contributed by atoms with Gasteiger partial charge in [-0.15, -0.1) is 0 Å². The van der Waals surface area contributed by atoms with E-state index in [-0.39, 0.29) is 0 Å². The van der Waals surface area contributed by atoms with Crippen LogP contribution in [0.3, 0.4) is 0 Å². The molecule has 1 N–H and O–H groups in total. The number of hydrogen-bond donors (Lipinski definition) is 1. The van der Waals surface area contributed by atoms with E-state index in [4.69, 9.17) is 0 Å². The Hall–Kier alpha value is -1.06. The van der Waals surface area contributed by atoms with Crippen LogP contribution >= 0.6 is 0 Å². The van der Waals surface area contributed by atoms with E-state index in [1.54, 1.807) is 0 Å². The number of hydrogen-bond acceptors (Lipinski definition) is 3. The van der Waals surface area contributed by atoms with E-state index in [2.05, 4.69) is 46.4 Å². The third kappa shape index (κ3) is 2.52. The topological polar surface area (TPSA) is 18.5 Å². The predicted molar refractivity (Wildman–Crippen MR) is 76.3 cm³/mol. The largest absolute Gasteiger partial charge is 0.371 e. The summed E-state index contributed by atoms with van der Waals surface area (Å²) in [5.41, 5.74) is 2.98. The molecule has 3 nitrogen and oxygen atoms in total. The van der Waals surface area contributed by atoms with Crippen LogP contribution in [0, 0.1) is 0 Å². The molecule has 3 rings (SSSR count). The molecule has 2 aliphatic heterocycles. The van der Waals surface area contributed by atoms with Crippen molar-refractivity contribution in [1.82, 2.24) is 10.2 Å². The summed E-state index contributed by atoms with van der Waals surface area (Å²) in [7, 11) is 2.22. The number of fused-ring (bicyclic) bond motifs is 1. The molecule has 1 saturated heterocycles. The highest BCUT2D eigenvalue weighted by atomic mass is 15.2. The van der Waals surface area contributed by atoms with Crippen molar-refractivity contribution in [3.8, 4) is 0 Å². The number of likely N-dealkylation sites (N-methyl/N-ethyl adjacent to an activating group) is 1. The lowest BCUT2D eigenvalue weighted by atomic mass is 10.1. The highest BCUT2D eigenvalue weighted by molar-refractivity contribution is 5.57. The molecule has 0 amide bonds. The zero-order valence-corrected chi connectivity index (χ0v) is 11.2. The fourth-order valence-corrected chi connectivity index (χ4v) is 3.14. The maximum Gasteiger partial charge on any atom is 0.0399 e. The van der Waals surface area contributed by atoms with Crippen LogP contribution in [-0.4, -0.2) is 50.7 Å². The van der Waals surface area contributed by atoms with Crippen LogP contribution in [0.4, 0.5) is 5.69 Å². The molecule has 0 radical (unpaired) electrons. The minimum absolute atomic E-state index is 0.663. The summed E-state index contributed by atoms with van der Waals surface area (Å²) in [5, 5.41) is 3.63. The summed E-state index contributed by atoms with van der Waals surface area (Å²) >= 11 is 0. The molecule has 98 valence electrons. The van der Waals surface area contributed by atoms with Crippen LogP contribution in [0.15, 0.2) is 24.3 Å². The van der Waals surface area contributed by atoms with Gasteiger partial charge < -0.3 is 15.1 Å². The molecule has 0 saturated carbocycles. The predicted octanol–water partition coefficient (Wildman–Crippen LogP) is 1.34. The zero-order chi connectivity index (χ0) is 12.4. The molecule has 2 heterocycles. The van der Waals surface area contributed by atoms with E-state index < -0.39 is 0 Å². The Morgan fingerprint density at radius 1 is 1.28 bits per heavy atom. The summed E-state index contributed by atoms with van der Waals surface area (Å²) in [6.45, 7) is 5.89. The molecule has 18 heavy (non-hydrogen) atoms. The third-order valence-corrected chi connectivity index (χ3v) is 4.19. The van der Waals surface area contributed by atoms with E-state index in [1.807, 2.05) is 0 Å². The van der Waals surface area contributed by atoms with Crippen molar-refractivity contribution in [2.24, 2.45) is 0 Å². The van der Waals surface area contributed by atoms with Gasteiger partial charge in [0.2, 0.25) is 0 Å². The zero-order valence-electron chi connectivity index (χ0n) is 11.2. The van der Waals surface area contributed by atoms with Crippen LogP contribution in [0.25, 0.3) is 0 Å². The van der Waals surface area contributed by atoms with Gasteiger partial charge in [0.1, 0.15) is 0 Å². The SMILES string of the molecule is CN1CCNC(CCN2CCc3ccccc32)C1. The summed E-state index contributed by atoms with van der Waals surface area (Å²) in [5.74, 6) is 0. The van der Waals surface area contributed by atoms with Gasteiger partial charge in [0.15, 0.2) is 0 Å². The van der Waals surface area contributed by atoms with Gasteiger partial charge in [0, 0.05) is 44.5 Å². The number of nitrogens with zero attached hydrogens (tertiary/aromatic N) is 2. The standard InChI is InChI=1S/C15H23N3/c1-17-11-8-16-14(12-17)7-10-18-9-6-13-4-2-3-5-15(13)18/h2-5,14,16H,6-12H2,1H3. The molecule has 1 aromatic carbocycles.